The number of ether oxygens (including phenoxy) is 2. The molecule has 0 aromatic heterocycles. The maximum Gasteiger partial charge on any atom is 0.0540 e. The number of hydrogen-bond donors (Lipinski definition) is 0. The van der Waals surface area contributed by atoms with Crippen molar-refractivity contribution in [2.24, 2.45) is 11.3 Å². The highest BCUT2D eigenvalue weighted by atomic mass is 16.5. The van der Waals surface area contributed by atoms with Crippen LogP contribution >= 0.6 is 0 Å². The van der Waals surface area contributed by atoms with Crippen molar-refractivity contribution >= 4 is 0 Å². The van der Waals surface area contributed by atoms with Crippen LogP contribution in [0.4, 0.5) is 0 Å². The SMILES string of the molecule is CCC(COC)(COC)CC(C)C. The molecular formula is C11H24O2. The summed E-state index contributed by atoms with van der Waals surface area (Å²) in [6, 6.07) is 0. The van der Waals surface area contributed by atoms with E-state index in [-0.39, 0.29) is 5.41 Å². The van der Waals surface area contributed by atoms with E-state index in [9.17, 15) is 0 Å². The number of rotatable bonds is 7. The van der Waals surface area contributed by atoms with Crippen molar-refractivity contribution in [3.05, 3.63) is 0 Å². The maximum atomic E-state index is 5.27. The third-order valence-corrected chi connectivity index (χ3v) is 2.49. The fourth-order valence-electron chi connectivity index (χ4n) is 1.99. The minimum absolute atomic E-state index is 0.220. The standard InChI is InChI=1S/C11H24O2/c1-6-11(8-12-4,9-13-5)7-10(2)3/h10H,6-9H2,1-5H3. The fourth-order valence-corrected chi connectivity index (χ4v) is 1.99. The molecular weight excluding hydrogens is 164 g/mol. The van der Waals surface area contributed by atoms with Gasteiger partial charge in [0.05, 0.1) is 13.2 Å². The van der Waals surface area contributed by atoms with E-state index < -0.39 is 0 Å². The molecule has 0 aliphatic carbocycles. The van der Waals surface area contributed by atoms with Crippen molar-refractivity contribution in [2.75, 3.05) is 27.4 Å². The Morgan fingerprint density at radius 3 is 1.77 bits per heavy atom. The van der Waals surface area contributed by atoms with Gasteiger partial charge in [-0.2, -0.15) is 0 Å². The minimum atomic E-state index is 0.220. The maximum absolute atomic E-state index is 5.27. The molecule has 0 spiro atoms. The monoisotopic (exact) mass is 188 g/mol. The average molecular weight is 188 g/mol. The molecule has 0 aliphatic heterocycles. The molecule has 0 unspecified atom stereocenters. The first-order valence-electron chi connectivity index (χ1n) is 5.08. The van der Waals surface area contributed by atoms with Gasteiger partial charge in [-0.15, -0.1) is 0 Å². The van der Waals surface area contributed by atoms with Crippen molar-refractivity contribution in [3.63, 3.8) is 0 Å². The highest BCUT2D eigenvalue weighted by Crippen LogP contribution is 2.30. The van der Waals surface area contributed by atoms with Gasteiger partial charge in [0.25, 0.3) is 0 Å². The molecule has 0 atom stereocenters. The summed E-state index contributed by atoms with van der Waals surface area (Å²) in [6.07, 6.45) is 2.29. The lowest BCUT2D eigenvalue weighted by molar-refractivity contribution is -0.00576. The molecule has 0 saturated carbocycles. The van der Waals surface area contributed by atoms with Crippen LogP contribution in [0.15, 0.2) is 0 Å². The van der Waals surface area contributed by atoms with Crippen LogP contribution in [0.2, 0.25) is 0 Å². The van der Waals surface area contributed by atoms with Gasteiger partial charge in [-0.05, 0) is 18.8 Å². The van der Waals surface area contributed by atoms with Crippen LogP contribution in [-0.4, -0.2) is 27.4 Å². The van der Waals surface area contributed by atoms with Gasteiger partial charge in [-0.3, -0.25) is 0 Å². The van der Waals surface area contributed by atoms with Crippen LogP contribution in [0, 0.1) is 11.3 Å². The Morgan fingerprint density at radius 1 is 1.08 bits per heavy atom. The van der Waals surface area contributed by atoms with E-state index in [2.05, 4.69) is 20.8 Å². The molecule has 0 bridgehead atoms. The first kappa shape index (κ1) is 12.9. The zero-order valence-corrected chi connectivity index (χ0v) is 9.72. The summed E-state index contributed by atoms with van der Waals surface area (Å²) in [5, 5.41) is 0. The van der Waals surface area contributed by atoms with Crippen molar-refractivity contribution in [1.29, 1.82) is 0 Å². The lowest BCUT2D eigenvalue weighted by atomic mass is 9.79. The fraction of sp³-hybridized carbons (Fsp3) is 1.00. The smallest absolute Gasteiger partial charge is 0.0540 e. The molecule has 0 aromatic rings. The number of hydrogen-bond acceptors (Lipinski definition) is 2. The Bertz CT molecular complexity index is 115. The quantitative estimate of drug-likeness (QED) is 0.611. The van der Waals surface area contributed by atoms with Gasteiger partial charge in [0, 0.05) is 19.6 Å². The Kier molecular flexibility index (Phi) is 6.35. The second-order valence-electron chi connectivity index (χ2n) is 4.32. The largest absolute Gasteiger partial charge is 0.384 e. The Balaban J connectivity index is 4.24. The lowest BCUT2D eigenvalue weighted by Crippen LogP contribution is -2.32. The molecule has 0 rings (SSSR count). The Hall–Kier alpha value is -0.0800. The predicted octanol–water partition coefficient (Wildman–Crippen LogP) is 2.72. The van der Waals surface area contributed by atoms with Crippen LogP contribution in [0.5, 0.6) is 0 Å². The van der Waals surface area contributed by atoms with E-state index in [1.165, 1.54) is 6.42 Å². The normalized spacial score (nSPS) is 12.5. The van der Waals surface area contributed by atoms with E-state index in [0.717, 1.165) is 19.6 Å². The molecule has 0 radical (unpaired) electrons. The van der Waals surface area contributed by atoms with Gasteiger partial charge >= 0.3 is 0 Å². The molecule has 0 aromatic carbocycles. The highest BCUT2D eigenvalue weighted by Gasteiger charge is 2.29. The van der Waals surface area contributed by atoms with Gasteiger partial charge < -0.3 is 9.47 Å². The van der Waals surface area contributed by atoms with E-state index in [1.54, 1.807) is 14.2 Å². The Labute approximate surface area is 82.6 Å². The minimum Gasteiger partial charge on any atom is -0.384 e. The zero-order chi connectivity index (χ0) is 10.3. The lowest BCUT2D eigenvalue weighted by Gasteiger charge is -2.32. The van der Waals surface area contributed by atoms with Crippen molar-refractivity contribution in [3.8, 4) is 0 Å². The van der Waals surface area contributed by atoms with Crippen molar-refractivity contribution < 1.29 is 9.47 Å². The van der Waals surface area contributed by atoms with Gasteiger partial charge in [0.15, 0.2) is 0 Å². The van der Waals surface area contributed by atoms with Crippen LogP contribution < -0.4 is 0 Å². The van der Waals surface area contributed by atoms with Crippen molar-refractivity contribution in [2.45, 2.75) is 33.6 Å². The average Bonchev–Trinajstić information content (AvgIpc) is 2.04. The molecule has 0 heterocycles. The van der Waals surface area contributed by atoms with Crippen LogP contribution in [-0.2, 0) is 9.47 Å². The van der Waals surface area contributed by atoms with E-state index >= 15 is 0 Å². The number of methoxy groups -OCH3 is 2. The van der Waals surface area contributed by atoms with Crippen molar-refractivity contribution in [1.82, 2.24) is 0 Å². The van der Waals surface area contributed by atoms with Gasteiger partial charge in [0.2, 0.25) is 0 Å². The Morgan fingerprint density at radius 2 is 1.54 bits per heavy atom. The third-order valence-electron chi connectivity index (χ3n) is 2.49. The topological polar surface area (TPSA) is 18.5 Å². The van der Waals surface area contributed by atoms with Crippen LogP contribution in [0.25, 0.3) is 0 Å². The van der Waals surface area contributed by atoms with E-state index in [4.69, 9.17) is 9.47 Å². The molecule has 13 heavy (non-hydrogen) atoms. The van der Waals surface area contributed by atoms with Crippen LogP contribution in [0.1, 0.15) is 33.6 Å². The predicted molar refractivity (Wildman–Crippen MR) is 55.9 cm³/mol. The molecule has 0 saturated heterocycles. The van der Waals surface area contributed by atoms with Gasteiger partial charge in [0.1, 0.15) is 0 Å². The van der Waals surface area contributed by atoms with Gasteiger partial charge in [-0.1, -0.05) is 20.8 Å². The zero-order valence-electron chi connectivity index (χ0n) is 9.72. The molecule has 2 heteroatoms. The van der Waals surface area contributed by atoms with Crippen LogP contribution in [0.3, 0.4) is 0 Å². The van der Waals surface area contributed by atoms with Gasteiger partial charge in [-0.25, -0.2) is 0 Å². The molecule has 2 nitrogen and oxygen atoms in total. The molecule has 0 aliphatic rings. The summed E-state index contributed by atoms with van der Waals surface area (Å²) >= 11 is 0. The third kappa shape index (κ3) is 4.63. The van der Waals surface area contributed by atoms with E-state index in [0.29, 0.717) is 5.92 Å². The first-order valence-corrected chi connectivity index (χ1v) is 5.08. The summed E-state index contributed by atoms with van der Waals surface area (Å²) in [7, 11) is 3.53. The van der Waals surface area contributed by atoms with E-state index in [1.807, 2.05) is 0 Å². The molecule has 80 valence electrons. The second kappa shape index (κ2) is 6.39. The summed E-state index contributed by atoms with van der Waals surface area (Å²) in [4.78, 5) is 0. The summed E-state index contributed by atoms with van der Waals surface area (Å²) in [5.41, 5.74) is 0.220. The first-order chi connectivity index (χ1) is 6.10. The second-order valence-corrected chi connectivity index (χ2v) is 4.32. The molecule has 0 fully saturated rings. The molecule has 0 N–H and O–H groups in total. The summed E-state index contributed by atoms with van der Waals surface area (Å²) in [5.74, 6) is 0.699. The molecule has 0 amide bonds. The highest BCUT2D eigenvalue weighted by molar-refractivity contribution is 4.78. The summed E-state index contributed by atoms with van der Waals surface area (Å²) in [6.45, 7) is 8.30. The summed E-state index contributed by atoms with van der Waals surface area (Å²) < 4.78 is 10.5.